The molecule has 0 radical (unpaired) electrons. The number of hydrogen-bond acceptors (Lipinski definition) is 3. The summed E-state index contributed by atoms with van der Waals surface area (Å²) in [5, 5.41) is 11.7. The van der Waals surface area contributed by atoms with Gasteiger partial charge in [-0.15, -0.1) is 0 Å². The second kappa shape index (κ2) is 5.05. The maximum Gasteiger partial charge on any atom is 0.200 e. The lowest BCUT2D eigenvalue weighted by molar-refractivity contribution is 0.746. The van der Waals surface area contributed by atoms with Crippen molar-refractivity contribution in [1.29, 1.82) is 0 Å². The molecule has 6 heteroatoms. The third-order valence-corrected chi connectivity index (χ3v) is 3.44. The Balaban J connectivity index is 2.24. The molecule has 2 aromatic heterocycles. The normalized spacial score (nSPS) is 10.9. The summed E-state index contributed by atoms with van der Waals surface area (Å²) in [5.41, 5.74) is 3.00. The van der Waals surface area contributed by atoms with Crippen LogP contribution in [0.2, 0.25) is 0 Å². The third kappa shape index (κ3) is 2.08. The van der Waals surface area contributed by atoms with E-state index < -0.39 is 0 Å². The summed E-state index contributed by atoms with van der Waals surface area (Å²) in [5.74, 6) is 0.804. The van der Waals surface area contributed by atoms with Crippen molar-refractivity contribution in [3.05, 3.63) is 47.0 Å². The van der Waals surface area contributed by atoms with Crippen LogP contribution < -0.4 is 0 Å². The Morgan fingerprint density at radius 3 is 2.70 bits per heavy atom. The van der Waals surface area contributed by atoms with E-state index in [0.717, 1.165) is 29.2 Å². The van der Waals surface area contributed by atoms with Gasteiger partial charge in [0.25, 0.3) is 0 Å². The Kier molecular flexibility index (Phi) is 3.23. The Hall–Kier alpha value is -2.21. The maximum atomic E-state index is 5.38. The average molecular weight is 285 g/mol. The Morgan fingerprint density at radius 2 is 2.00 bits per heavy atom. The van der Waals surface area contributed by atoms with Crippen molar-refractivity contribution in [2.24, 2.45) is 7.05 Å². The molecule has 5 nitrogen and oxygen atoms in total. The summed E-state index contributed by atoms with van der Waals surface area (Å²) >= 11 is 5.38. The Morgan fingerprint density at radius 1 is 1.25 bits per heavy atom. The summed E-state index contributed by atoms with van der Waals surface area (Å²) in [6, 6.07) is 9.99. The van der Waals surface area contributed by atoms with E-state index in [4.69, 9.17) is 12.2 Å². The van der Waals surface area contributed by atoms with Gasteiger partial charge in [-0.05, 0) is 18.6 Å². The fourth-order valence-electron chi connectivity index (χ4n) is 2.26. The molecule has 2 heterocycles. The van der Waals surface area contributed by atoms with Gasteiger partial charge >= 0.3 is 0 Å². The lowest BCUT2D eigenvalue weighted by atomic mass is 10.2. The second-order valence-corrected chi connectivity index (χ2v) is 4.93. The SMILES string of the molecule is CCc1nn(C)cc1-n1c(-c2ccccc2)n[nH]c1=S. The van der Waals surface area contributed by atoms with Crippen molar-refractivity contribution < 1.29 is 0 Å². The molecule has 3 aromatic rings. The van der Waals surface area contributed by atoms with Gasteiger partial charge in [-0.1, -0.05) is 37.3 Å². The minimum atomic E-state index is 0.576. The van der Waals surface area contributed by atoms with Crippen LogP contribution in [0, 0.1) is 4.77 Å². The van der Waals surface area contributed by atoms with Crippen LogP contribution >= 0.6 is 12.2 Å². The van der Waals surface area contributed by atoms with Crippen LogP contribution in [-0.4, -0.2) is 24.5 Å². The van der Waals surface area contributed by atoms with Crippen LogP contribution in [0.3, 0.4) is 0 Å². The molecule has 0 unspecified atom stereocenters. The zero-order chi connectivity index (χ0) is 14.1. The molecule has 20 heavy (non-hydrogen) atoms. The highest BCUT2D eigenvalue weighted by molar-refractivity contribution is 7.71. The van der Waals surface area contributed by atoms with Gasteiger partial charge in [0.2, 0.25) is 0 Å². The summed E-state index contributed by atoms with van der Waals surface area (Å²) in [4.78, 5) is 0. The molecule has 0 fully saturated rings. The molecule has 0 aliphatic carbocycles. The van der Waals surface area contributed by atoms with Gasteiger partial charge in [-0.25, -0.2) is 0 Å². The summed E-state index contributed by atoms with van der Waals surface area (Å²) in [6.45, 7) is 2.08. The van der Waals surface area contributed by atoms with Crippen molar-refractivity contribution in [2.75, 3.05) is 0 Å². The van der Waals surface area contributed by atoms with Gasteiger partial charge in [-0.3, -0.25) is 14.3 Å². The van der Waals surface area contributed by atoms with E-state index in [1.54, 1.807) is 4.68 Å². The average Bonchev–Trinajstić information content (AvgIpc) is 3.02. The van der Waals surface area contributed by atoms with Crippen LogP contribution in [0.4, 0.5) is 0 Å². The smallest absolute Gasteiger partial charge is 0.200 e. The first-order valence-corrected chi connectivity index (χ1v) is 6.87. The number of aryl methyl sites for hydroxylation is 2. The highest BCUT2D eigenvalue weighted by atomic mass is 32.1. The number of aromatic amines is 1. The van der Waals surface area contributed by atoms with Gasteiger partial charge in [0, 0.05) is 18.8 Å². The summed E-state index contributed by atoms with van der Waals surface area (Å²) < 4.78 is 4.32. The fourth-order valence-corrected chi connectivity index (χ4v) is 2.49. The van der Waals surface area contributed by atoms with Crippen LogP contribution in [0.25, 0.3) is 17.1 Å². The van der Waals surface area contributed by atoms with Gasteiger partial charge < -0.3 is 0 Å². The van der Waals surface area contributed by atoms with Crippen molar-refractivity contribution in [3.8, 4) is 17.1 Å². The van der Waals surface area contributed by atoms with Gasteiger partial charge in [0.1, 0.15) is 0 Å². The number of benzene rings is 1. The lowest BCUT2D eigenvalue weighted by Crippen LogP contribution is -1.99. The number of nitrogens with zero attached hydrogens (tertiary/aromatic N) is 4. The molecule has 102 valence electrons. The Labute approximate surface area is 121 Å². The van der Waals surface area contributed by atoms with E-state index in [1.165, 1.54) is 0 Å². The summed E-state index contributed by atoms with van der Waals surface area (Å²) in [7, 11) is 1.91. The molecule has 3 rings (SSSR count). The first-order chi connectivity index (χ1) is 9.70. The van der Waals surface area contributed by atoms with Crippen molar-refractivity contribution in [3.63, 3.8) is 0 Å². The highest BCUT2D eigenvalue weighted by Crippen LogP contribution is 2.23. The zero-order valence-electron chi connectivity index (χ0n) is 11.4. The molecule has 0 atom stereocenters. The van der Waals surface area contributed by atoms with Crippen LogP contribution in [0.5, 0.6) is 0 Å². The molecule has 0 spiro atoms. The Bertz CT molecular complexity index is 782. The largest absolute Gasteiger partial charge is 0.273 e. The third-order valence-electron chi connectivity index (χ3n) is 3.16. The number of rotatable bonds is 3. The minimum absolute atomic E-state index is 0.576. The molecule has 0 saturated heterocycles. The highest BCUT2D eigenvalue weighted by Gasteiger charge is 2.15. The van der Waals surface area contributed by atoms with E-state index in [2.05, 4.69) is 22.2 Å². The lowest BCUT2D eigenvalue weighted by Gasteiger charge is -2.05. The van der Waals surface area contributed by atoms with Gasteiger partial charge in [0.15, 0.2) is 10.6 Å². The number of H-pyrrole nitrogens is 1. The van der Waals surface area contributed by atoms with Crippen molar-refractivity contribution in [2.45, 2.75) is 13.3 Å². The van der Waals surface area contributed by atoms with E-state index in [0.29, 0.717) is 4.77 Å². The van der Waals surface area contributed by atoms with Crippen LogP contribution in [0.1, 0.15) is 12.6 Å². The van der Waals surface area contributed by atoms with Crippen molar-refractivity contribution >= 4 is 12.2 Å². The fraction of sp³-hybridized carbons (Fsp3) is 0.214. The maximum absolute atomic E-state index is 5.38. The minimum Gasteiger partial charge on any atom is -0.273 e. The molecule has 0 bridgehead atoms. The van der Waals surface area contributed by atoms with E-state index >= 15 is 0 Å². The van der Waals surface area contributed by atoms with E-state index in [1.807, 2.05) is 48.1 Å². The number of hydrogen-bond donors (Lipinski definition) is 1. The van der Waals surface area contributed by atoms with E-state index in [9.17, 15) is 0 Å². The molecule has 0 amide bonds. The monoisotopic (exact) mass is 285 g/mol. The number of nitrogens with one attached hydrogen (secondary N) is 1. The van der Waals surface area contributed by atoms with Gasteiger partial charge in [0.05, 0.1) is 11.4 Å². The van der Waals surface area contributed by atoms with Gasteiger partial charge in [-0.2, -0.15) is 10.2 Å². The second-order valence-electron chi connectivity index (χ2n) is 4.54. The van der Waals surface area contributed by atoms with Crippen LogP contribution in [0.15, 0.2) is 36.5 Å². The molecule has 0 aliphatic heterocycles. The topological polar surface area (TPSA) is 51.4 Å². The van der Waals surface area contributed by atoms with Crippen LogP contribution in [-0.2, 0) is 13.5 Å². The first kappa shape index (κ1) is 12.8. The first-order valence-electron chi connectivity index (χ1n) is 6.46. The molecular weight excluding hydrogens is 270 g/mol. The number of aromatic nitrogens is 5. The van der Waals surface area contributed by atoms with E-state index in [-0.39, 0.29) is 0 Å². The molecule has 1 aromatic carbocycles. The molecule has 0 aliphatic rings. The molecule has 0 saturated carbocycles. The summed E-state index contributed by atoms with van der Waals surface area (Å²) in [6.07, 6.45) is 2.81. The standard InChI is InChI=1S/C14H15N5S/c1-3-11-12(9-18(2)17-11)19-13(15-16-14(19)20)10-7-5-4-6-8-10/h4-9H,3H2,1-2H3,(H,16,20). The molecular formula is C14H15N5S. The molecule has 1 N–H and O–H groups in total. The zero-order valence-corrected chi connectivity index (χ0v) is 12.2. The van der Waals surface area contributed by atoms with Crippen molar-refractivity contribution in [1.82, 2.24) is 24.5 Å². The predicted octanol–water partition coefficient (Wildman–Crippen LogP) is 2.89. The predicted molar refractivity (Wildman–Crippen MR) is 80.3 cm³/mol. The quantitative estimate of drug-likeness (QED) is 0.753.